The van der Waals surface area contributed by atoms with Crippen LogP contribution in [0, 0.1) is 13.8 Å². The quantitative estimate of drug-likeness (QED) is 0.631. The van der Waals surface area contributed by atoms with E-state index < -0.39 is 12.6 Å². The van der Waals surface area contributed by atoms with Crippen LogP contribution in [0.2, 0.25) is 0 Å². The molecule has 0 spiro atoms. The molecule has 0 aromatic heterocycles. The summed E-state index contributed by atoms with van der Waals surface area (Å²) in [6.45, 7) is 3.94. The maximum Gasteiger partial charge on any atom is 0.389 e. The summed E-state index contributed by atoms with van der Waals surface area (Å²) in [7, 11) is 0. The van der Waals surface area contributed by atoms with Crippen molar-refractivity contribution in [2.45, 2.75) is 45.3 Å². The van der Waals surface area contributed by atoms with Gasteiger partial charge >= 0.3 is 6.18 Å². The van der Waals surface area contributed by atoms with Gasteiger partial charge < -0.3 is 0 Å². The predicted molar refractivity (Wildman–Crippen MR) is 66.0 cm³/mol. The van der Waals surface area contributed by atoms with Crippen molar-refractivity contribution in [3.63, 3.8) is 0 Å². The van der Waals surface area contributed by atoms with Crippen molar-refractivity contribution < 1.29 is 13.2 Å². The molecule has 0 amide bonds. The Bertz CT molecular complexity index is 368. The average Bonchev–Trinajstić information content (AvgIpc) is 2.21. The number of halogens is 3. The maximum absolute atomic E-state index is 12.2. The Morgan fingerprint density at radius 2 is 1.72 bits per heavy atom. The molecule has 1 unspecified atom stereocenters. The first-order valence-corrected chi connectivity index (χ1v) is 5.90. The number of alkyl halides is 3. The first-order valence-electron chi connectivity index (χ1n) is 5.90. The van der Waals surface area contributed by atoms with E-state index in [-0.39, 0.29) is 12.5 Å². The standard InChI is InChI=1S/C13H19F3N2/c1-9-5-10(2)7-11(6-9)8-12(18-17)3-4-13(14,15)16/h5-7,12,18H,3-4,8,17H2,1-2H3. The number of hydrogen-bond donors (Lipinski definition) is 2. The Hall–Kier alpha value is -1.07. The van der Waals surface area contributed by atoms with Crippen LogP contribution in [0.3, 0.4) is 0 Å². The molecule has 0 radical (unpaired) electrons. The molecule has 1 aromatic carbocycles. The fourth-order valence-electron chi connectivity index (χ4n) is 2.05. The maximum atomic E-state index is 12.2. The fourth-order valence-corrected chi connectivity index (χ4v) is 2.05. The van der Waals surface area contributed by atoms with Gasteiger partial charge in [0.1, 0.15) is 0 Å². The van der Waals surface area contributed by atoms with Gasteiger partial charge in [-0.15, -0.1) is 0 Å². The Labute approximate surface area is 105 Å². The number of nitrogens with one attached hydrogen (secondary N) is 1. The van der Waals surface area contributed by atoms with Crippen LogP contribution in [-0.4, -0.2) is 12.2 Å². The third-order valence-corrected chi connectivity index (χ3v) is 2.78. The summed E-state index contributed by atoms with van der Waals surface area (Å²) in [6.07, 6.45) is -4.44. The van der Waals surface area contributed by atoms with Crippen LogP contribution in [0.15, 0.2) is 18.2 Å². The van der Waals surface area contributed by atoms with Gasteiger partial charge in [0.05, 0.1) is 0 Å². The summed E-state index contributed by atoms with van der Waals surface area (Å²) in [5.41, 5.74) is 5.69. The second-order valence-corrected chi connectivity index (χ2v) is 4.72. The molecule has 0 saturated heterocycles. The van der Waals surface area contributed by atoms with Crippen molar-refractivity contribution in [3.8, 4) is 0 Å². The average molecular weight is 260 g/mol. The Kier molecular flexibility index (Phi) is 5.16. The normalized spacial score (nSPS) is 13.7. The van der Waals surface area contributed by atoms with Crippen LogP contribution >= 0.6 is 0 Å². The lowest BCUT2D eigenvalue weighted by atomic mass is 9.99. The van der Waals surface area contributed by atoms with E-state index in [0.717, 1.165) is 16.7 Å². The van der Waals surface area contributed by atoms with Gasteiger partial charge in [0.15, 0.2) is 0 Å². The number of benzene rings is 1. The monoisotopic (exact) mass is 260 g/mol. The van der Waals surface area contributed by atoms with Gasteiger partial charge in [-0.2, -0.15) is 13.2 Å². The van der Waals surface area contributed by atoms with Crippen LogP contribution in [-0.2, 0) is 6.42 Å². The molecule has 0 saturated carbocycles. The molecule has 0 bridgehead atoms. The summed E-state index contributed by atoms with van der Waals surface area (Å²) in [6, 6.07) is 5.63. The lowest BCUT2D eigenvalue weighted by molar-refractivity contribution is -0.136. The molecule has 5 heteroatoms. The van der Waals surface area contributed by atoms with Crippen LogP contribution in [0.4, 0.5) is 13.2 Å². The molecule has 0 aliphatic carbocycles. The van der Waals surface area contributed by atoms with Gasteiger partial charge in [-0.05, 0) is 32.3 Å². The molecule has 0 fully saturated rings. The predicted octanol–water partition coefficient (Wildman–Crippen LogP) is 3.02. The van der Waals surface area contributed by atoms with Gasteiger partial charge in [0, 0.05) is 12.5 Å². The number of aryl methyl sites for hydroxylation is 2. The molecule has 1 rings (SSSR count). The molecule has 1 aromatic rings. The molecule has 1 atom stereocenters. The van der Waals surface area contributed by atoms with Crippen LogP contribution in [0.5, 0.6) is 0 Å². The number of hydrazine groups is 1. The highest BCUT2D eigenvalue weighted by atomic mass is 19.4. The van der Waals surface area contributed by atoms with Gasteiger partial charge in [0.25, 0.3) is 0 Å². The lowest BCUT2D eigenvalue weighted by Crippen LogP contribution is -2.37. The summed E-state index contributed by atoms with van der Waals surface area (Å²) >= 11 is 0. The number of nitrogens with two attached hydrogens (primary N) is 1. The molecule has 0 aliphatic rings. The van der Waals surface area contributed by atoms with Gasteiger partial charge in [-0.3, -0.25) is 11.3 Å². The first-order chi connectivity index (χ1) is 8.30. The fraction of sp³-hybridized carbons (Fsp3) is 0.538. The first kappa shape index (κ1) is 15.0. The van der Waals surface area contributed by atoms with E-state index in [2.05, 4.69) is 5.43 Å². The van der Waals surface area contributed by atoms with E-state index in [0.29, 0.717) is 6.42 Å². The van der Waals surface area contributed by atoms with E-state index in [1.54, 1.807) is 0 Å². The van der Waals surface area contributed by atoms with Crippen molar-refractivity contribution in [1.29, 1.82) is 0 Å². The lowest BCUT2D eigenvalue weighted by Gasteiger charge is -2.17. The van der Waals surface area contributed by atoms with E-state index in [9.17, 15) is 13.2 Å². The number of rotatable bonds is 5. The second-order valence-electron chi connectivity index (χ2n) is 4.72. The second kappa shape index (κ2) is 6.20. The van der Waals surface area contributed by atoms with Crippen molar-refractivity contribution in [2.24, 2.45) is 5.84 Å². The highest BCUT2D eigenvalue weighted by Crippen LogP contribution is 2.23. The zero-order chi connectivity index (χ0) is 13.8. The topological polar surface area (TPSA) is 38.0 Å². The van der Waals surface area contributed by atoms with Crippen molar-refractivity contribution >= 4 is 0 Å². The molecule has 3 N–H and O–H groups in total. The summed E-state index contributed by atoms with van der Waals surface area (Å²) < 4.78 is 36.5. The summed E-state index contributed by atoms with van der Waals surface area (Å²) in [5.74, 6) is 5.31. The molecule has 102 valence electrons. The third kappa shape index (κ3) is 5.51. The van der Waals surface area contributed by atoms with Crippen molar-refractivity contribution in [3.05, 3.63) is 34.9 Å². The van der Waals surface area contributed by atoms with Crippen LogP contribution < -0.4 is 11.3 Å². The van der Waals surface area contributed by atoms with E-state index in [4.69, 9.17) is 5.84 Å². The van der Waals surface area contributed by atoms with E-state index in [1.807, 2.05) is 32.0 Å². The van der Waals surface area contributed by atoms with Crippen molar-refractivity contribution in [2.75, 3.05) is 0 Å². The van der Waals surface area contributed by atoms with E-state index in [1.165, 1.54) is 0 Å². The molecular weight excluding hydrogens is 241 g/mol. The SMILES string of the molecule is Cc1cc(C)cc(CC(CCC(F)(F)F)NN)c1. The van der Waals surface area contributed by atoms with Crippen LogP contribution in [0.1, 0.15) is 29.5 Å². The van der Waals surface area contributed by atoms with E-state index >= 15 is 0 Å². The molecule has 0 heterocycles. The minimum atomic E-state index is -4.13. The minimum absolute atomic E-state index is 0.00695. The number of hydrogen-bond acceptors (Lipinski definition) is 2. The smallest absolute Gasteiger partial charge is 0.271 e. The summed E-state index contributed by atoms with van der Waals surface area (Å²) in [4.78, 5) is 0. The Morgan fingerprint density at radius 1 is 1.17 bits per heavy atom. The van der Waals surface area contributed by atoms with Gasteiger partial charge in [-0.1, -0.05) is 29.3 Å². The summed E-state index contributed by atoms with van der Waals surface area (Å²) in [5, 5.41) is 0. The van der Waals surface area contributed by atoms with Crippen LogP contribution in [0.25, 0.3) is 0 Å². The van der Waals surface area contributed by atoms with Gasteiger partial charge in [0.2, 0.25) is 0 Å². The molecule has 18 heavy (non-hydrogen) atoms. The molecule has 0 aliphatic heterocycles. The Balaban J connectivity index is 2.62. The zero-order valence-corrected chi connectivity index (χ0v) is 10.6. The Morgan fingerprint density at radius 3 is 2.17 bits per heavy atom. The highest BCUT2D eigenvalue weighted by molar-refractivity contribution is 5.29. The minimum Gasteiger partial charge on any atom is -0.271 e. The highest BCUT2D eigenvalue weighted by Gasteiger charge is 2.28. The molecule has 2 nitrogen and oxygen atoms in total. The van der Waals surface area contributed by atoms with Crippen molar-refractivity contribution in [1.82, 2.24) is 5.43 Å². The largest absolute Gasteiger partial charge is 0.389 e. The molecular formula is C13H19F3N2. The zero-order valence-electron chi connectivity index (χ0n) is 10.6. The third-order valence-electron chi connectivity index (χ3n) is 2.78. The van der Waals surface area contributed by atoms with Gasteiger partial charge in [-0.25, -0.2) is 0 Å².